The van der Waals surface area contributed by atoms with Crippen molar-refractivity contribution in [3.05, 3.63) is 64.7 Å². The number of rotatable bonds is 5. The number of methoxy groups -OCH3 is 1. The highest BCUT2D eigenvalue weighted by Crippen LogP contribution is 2.19. The van der Waals surface area contributed by atoms with Crippen molar-refractivity contribution in [2.75, 3.05) is 12.9 Å². The van der Waals surface area contributed by atoms with Crippen molar-refractivity contribution >= 4 is 28.4 Å². The Labute approximate surface area is 131 Å². The lowest BCUT2D eigenvalue weighted by Gasteiger charge is -2.05. The normalized spacial score (nSPS) is 11.9. The van der Waals surface area contributed by atoms with Crippen LogP contribution in [-0.2, 0) is 22.0 Å². The minimum absolute atomic E-state index is 0.360. The van der Waals surface area contributed by atoms with E-state index in [9.17, 15) is 9.00 Å². The number of hydrogen-bond donors (Lipinski definition) is 0. The van der Waals surface area contributed by atoms with Crippen molar-refractivity contribution in [3.63, 3.8) is 0 Å². The van der Waals surface area contributed by atoms with E-state index in [4.69, 9.17) is 11.6 Å². The van der Waals surface area contributed by atoms with Crippen LogP contribution in [0.15, 0.2) is 53.4 Å². The molecule has 2 aromatic carbocycles. The predicted molar refractivity (Wildman–Crippen MR) is 84.2 cm³/mol. The zero-order chi connectivity index (χ0) is 15.2. The lowest BCUT2D eigenvalue weighted by atomic mass is 10.1. The summed E-state index contributed by atoms with van der Waals surface area (Å²) in [6.07, 6.45) is 0.652. The molecule has 21 heavy (non-hydrogen) atoms. The minimum atomic E-state index is -1.13. The Bertz CT molecular complexity index is 653. The molecule has 0 saturated carbocycles. The Morgan fingerprint density at radius 2 is 1.81 bits per heavy atom. The van der Waals surface area contributed by atoms with E-state index in [1.54, 1.807) is 24.3 Å². The first kappa shape index (κ1) is 15.7. The lowest BCUT2D eigenvalue weighted by Crippen LogP contribution is -2.04. The maximum absolute atomic E-state index is 12.2. The van der Waals surface area contributed by atoms with Gasteiger partial charge in [-0.2, -0.15) is 0 Å². The predicted octanol–water partition coefficient (Wildman–Crippen LogP) is 3.48. The third-order valence-corrected chi connectivity index (χ3v) is 4.90. The molecule has 0 amide bonds. The molecule has 2 rings (SSSR count). The standard InChI is InChI=1S/C16H15ClO3S/c1-20-16(18)13-8-6-12(7-9-13)10-11-21(19)15-5-3-2-4-14(15)17/h2-9H,10-11H2,1H3. The molecule has 0 fully saturated rings. The molecule has 0 saturated heterocycles. The van der Waals surface area contributed by atoms with E-state index in [0.717, 1.165) is 5.56 Å². The first-order valence-corrected chi connectivity index (χ1v) is 8.11. The summed E-state index contributed by atoms with van der Waals surface area (Å²) >= 11 is 6.03. The molecule has 0 N–H and O–H groups in total. The number of carbonyl (C=O) groups is 1. The third kappa shape index (κ3) is 4.16. The second-order valence-corrected chi connectivity index (χ2v) is 6.36. The minimum Gasteiger partial charge on any atom is -0.465 e. The molecule has 1 atom stereocenters. The molecule has 5 heteroatoms. The van der Waals surface area contributed by atoms with Crippen LogP contribution in [0.2, 0.25) is 5.02 Å². The Morgan fingerprint density at radius 3 is 2.43 bits per heavy atom. The third-order valence-electron chi connectivity index (χ3n) is 3.03. The maximum atomic E-state index is 12.2. The number of halogens is 1. The summed E-state index contributed by atoms with van der Waals surface area (Å²) in [6.45, 7) is 0. The first-order chi connectivity index (χ1) is 10.1. The van der Waals surface area contributed by atoms with E-state index in [-0.39, 0.29) is 5.97 Å². The lowest BCUT2D eigenvalue weighted by molar-refractivity contribution is 0.0600. The van der Waals surface area contributed by atoms with Gasteiger partial charge in [0.2, 0.25) is 0 Å². The largest absolute Gasteiger partial charge is 0.465 e. The van der Waals surface area contributed by atoms with E-state index < -0.39 is 10.8 Å². The van der Waals surface area contributed by atoms with Crippen molar-refractivity contribution in [1.29, 1.82) is 0 Å². The zero-order valence-corrected chi connectivity index (χ0v) is 13.1. The van der Waals surface area contributed by atoms with Gasteiger partial charge >= 0.3 is 5.97 Å². The van der Waals surface area contributed by atoms with Crippen molar-refractivity contribution in [2.24, 2.45) is 0 Å². The quantitative estimate of drug-likeness (QED) is 0.792. The van der Waals surface area contributed by atoms with E-state index in [0.29, 0.717) is 27.7 Å². The number of aryl methyl sites for hydroxylation is 1. The Morgan fingerprint density at radius 1 is 1.14 bits per heavy atom. The van der Waals surface area contributed by atoms with Gasteiger partial charge in [0.05, 0.1) is 33.4 Å². The highest BCUT2D eigenvalue weighted by molar-refractivity contribution is 7.85. The van der Waals surface area contributed by atoms with Gasteiger partial charge in [-0.1, -0.05) is 35.9 Å². The van der Waals surface area contributed by atoms with Gasteiger partial charge in [0.15, 0.2) is 0 Å². The molecule has 0 aliphatic rings. The summed E-state index contributed by atoms with van der Waals surface area (Å²) in [4.78, 5) is 12.0. The molecule has 110 valence electrons. The summed E-state index contributed by atoms with van der Waals surface area (Å²) in [5.41, 5.74) is 1.52. The number of benzene rings is 2. The van der Waals surface area contributed by atoms with Gasteiger partial charge < -0.3 is 4.74 Å². The topological polar surface area (TPSA) is 43.4 Å². The highest BCUT2D eigenvalue weighted by atomic mass is 35.5. The van der Waals surface area contributed by atoms with Crippen LogP contribution >= 0.6 is 11.6 Å². The number of hydrogen-bond acceptors (Lipinski definition) is 3. The van der Waals surface area contributed by atoms with Gasteiger partial charge in [-0.25, -0.2) is 4.79 Å². The van der Waals surface area contributed by atoms with Crippen LogP contribution in [0.5, 0.6) is 0 Å². The molecule has 0 aliphatic carbocycles. The van der Waals surface area contributed by atoms with E-state index in [2.05, 4.69) is 4.74 Å². The fourth-order valence-electron chi connectivity index (χ4n) is 1.88. The van der Waals surface area contributed by atoms with Gasteiger partial charge in [-0.3, -0.25) is 4.21 Å². The fraction of sp³-hybridized carbons (Fsp3) is 0.188. The van der Waals surface area contributed by atoms with Crippen LogP contribution in [0.25, 0.3) is 0 Å². The monoisotopic (exact) mass is 322 g/mol. The molecule has 0 aromatic heterocycles. The van der Waals surface area contributed by atoms with Crippen LogP contribution in [-0.4, -0.2) is 23.0 Å². The van der Waals surface area contributed by atoms with Gasteiger partial charge in [-0.05, 0) is 36.2 Å². The van der Waals surface area contributed by atoms with Crippen molar-refractivity contribution < 1.29 is 13.7 Å². The van der Waals surface area contributed by atoms with E-state index in [1.807, 2.05) is 24.3 Å². The van der Waals surface area contributed by atoms with Crippen LogP contribution in [0.1, 0.15) is 15.9 Å². The number of carbonyl (C=O) groups excluding carboxylic acids is 1. The number of esters is 1. The van der Waals surface area contributed by atoms with Crippen molar-refractivity contribution in [1.82, 2.24) is 0 Å². The van der Waals surface area contributed by atoms with E-state index >= 15 is 0 Å². The van der Waals surface area contributed by atoms with Crippen molar-refractivity contribution in [2.45, 2.75) is 11.3 Å². The molecule has 0 heterocycles. The average molecular weight is 323 g/mol. The summed E-state index contributed by atoms with van der Waals surface area (Å²) in [5, 5.41) is 0.525. The molecule has 0 spiro atoms. The molecular formula is C16H15ClO3S. The summed E-state index contributed by atoms with van der Waals surface area (Å²) in [5.74, 6) is 0.127. The number of ether oxygens (including phenoxy) is 1. The molecule has 0 radical (unpaired) electrons. The first-order valence-electron chi connectivity index (χ1n) is 6.42. The summed E-state index contributed by atoms with van der Waals surface area (Å²) in [6, 6.07) is 14.3. The highest BCUT2D eigenvalue weighted by Gasteiger charge is 2.09. The second kappa shape index (κ2) is 7.38. The maximum Gasteiger partial charge on any atom is 0.337 e. The fourth-order valence-corrected chi connectivity index (χ4v) is 3.43. The molecule has 0 bridgehead atoms. The molecular weight excluding hydrogens is 308 g/mol. The van der Waals surface area contributed by atoms with E-state index in [1.165, 1.54) is 7.11 Å². The van der Waals surface area contributed by atoms with Crippen LogP contribution in [0.4, 0.5) is 0 Å². The Kier molecular flexibility index (Phi) is 5.53. The van der Waals surface area contributed by atoms with Gasteiger partial charge in [0.1, 0.15) is 0 Å². The van der Waals surface area contributed by atoms with Crippen LogP contribution in [0, 0.1) is 0 Å². The summed E-state index contributed by atoms with van der Waals surface area (Å²) in [7, 11) is 0.215. The van der Waals surface area contributed by atoms with Gasteiger partial charge in [-0.15, -0.1) is 0 Å². The van der Waals surface area contributed by atoms with Gasteiger partial charge in [0.25, 0.3) is 0 Å². The smallest absolute Gasteiger partial charge is 0.337 e. The zero-order valence-electron chi connectivity index (χ0n) is 11.5. The second-order valence-electron chi connectivity index (χ2n) is 4.42. The van der Waals surface area contributed by atoms with Crippen molar-refractivity contribution in [3.8, 4) is 0 Å². The summed E-state index contributed by atoms with van der Waals surface area (Å²) < 4.78 is 16.9. The Hall–Kier alpha value is -1.65. The molecule has 2 aromatic rings. The van der Waals surface area contributed by atoms with Crippen LogP contribution in [0.3, 0.4) is 0 Å². The van der Waals surface area contributed by atoms with Gasteiger partial charge in [0, 0.05) is 5.75 Å². The molecule has 0 aliphatic heterocycles. The van der Waals surface area contributed by atoms with Crippen LogP contribution < -0.4 is 0 Å². The average Bonchev–Trinajstić information content (AvgIpc) is 2.52. The molecule has 3 nitrogen and oxygen atoms in total. The molecule has 1 unspecified atom stereocenters. The SMILES string of the molecule is COC(=O)c1ccc(CCS(=O)c2ccccc2Cl)cc1. The Balaban J connectivity index is 1.99.